The van der Waals surface area contributed by atoms with E-state index in [9.17, 15) is 35.9 Å². The predicted molar refractivity (Wildman–Crippen MR) is 114 cm³/mol. The molecule has 1 amide bonds. The highest BCUT2D eigenvalue weighted by molar-refractivity contribution is 6.08. The number of carbonyl (C=O) groups excluding carboxylic acids is 1. The number of hydrogen-bond donors (Lipinski definition) is 2. The standard InChI is InChI=1S/C23H15F6N3O3/c1-23(28,29)10-35-12-6-4-5-11(9-12)14-16(24)18(26)20(19(27)17(14)25)30-21(33)15-13-7-2-3-8-32(13)31-22(15)34/h2-9H,10H2,1H3,(H,30,33)(H,31,34). The highest BCUT2D eigenvalue weighted by Gasteiger charge is 2.29. The van der Waals surface area contributed by atoms with Crippen molar-refractivity contribution in [2.75, 3.05) is 11.9 Å². The van der Waals surface area contributed by atoms with Crippen molar-refractivity contribution in [3.05, 3.63) is 87.8 Å². The molecule has 4 aromatic rings. The van der Waals surface area contributed by atoms with Gasteiger partial charge in [-0.1, -0.05) is 18.2 Å². The zero-order chi connectivity index (χ0) is 25.5. The van der Waals surface area contributed by atoms with Gasteiger partial charge in [0, 0.05) is 13.1 Å². The molecular formula is C23H15F6N3O3. The molecule has 182 valence electrons. The van der Waals surface area contributed by atoms with Crippen LogP contribution >= 0.6 is 0 Å². The van der Waals surface area contributed by atoms with Crippen LogP contribution in [0, 0.1) is 23.3 Å². The van der Waals surface area contributed by atoms with Gasteiger partial charge < -0.3 is 10.1 Å². The lowest BCUT2D eigenvalue weighted by molar-refractivity contribution is -0.0229. The van der Waals surface area contributed by atoms with Gasteiger partial charge in [-0.2, -0.15) is 0 Å². The van der Waals surface area contributed by atoms with E-state index >= 15 is 0 Å². The van der Waals surface area contributed by atoms with E-state index in [-0.39, 0.29) is 11.3 Å². The molecule has 0 unspecified atom stereocenters. The van der Waals surface area contributed by atoms with Crippen LogP contribution < -0.4 is 15.6 Å². The molecule has 12 heteroatoms. The van der Waals surface area contributed by atoms with Crippen LogP contribution in [0.1, 0.15) is 17.3 Å². The van der Waals surface area contributed by atoms with E-state index < -0.39 is 69.6 Å². The Morgan fingerprint density at radius 1 is 1.03 bits per heavy atom. The summed E-state index contributed by atoms with van der Waals surface area (Å²) in [4.78, 5) is 24.7. The Bertz CT molecular complexity index is 1480. The first-order chi connectivity index (χ1) is 16.5. The SMILES string of the molecule is CC(F)(F)COc1cccc(-c2c(F)c(F)c(NC(=O)c3c(=O)[nH]n4ccccc34)c(F)c2F)c1. The topological polar surface area (TPSA) is 75.6 Å². The highest BCUT2D eigenvalue weighted by Crippen LogP contribution is 2.36. The Morgan fingerprint density at radius 3 is 2.37 bits per heavy atom. The van der Waals surface area contributed by atoms with Crippen molar-refractivity contribution in [3.8, 4) is 16.9 Å². The average molecular weight is 495 g/mol. The lowest BCUT2D eigenvalue weighted by Gasteiger charge is -2.15. The van der Waals surface area contributed by atoms with Crippen molar-refractivity contribution in [3.63, 3.8) is 0 Å². The number of amides is 1. The highest BCUT2D eigenvalue weighted by atomic mass is 19.3. The van der Waals surface area contributed by atoms with Crippen molar-refractivity contribution in [2.45, 2.75) is 12.8 Å². The number of rotatable bonds is 6. The van der Waals surface area contributed by atoms with Crippen LogP contribution in [0.2, 0.25) is 0 Å². The first-order valence-electron chi connectivity index (χ1n) is 9.95. The Hall–Kier alpha value is -4.22. The fraction of sp³-hybridized carbons (Fsp3) is 0.130. The minimum absolute atomic E-state index is 0.0582. The summed E-state index contributed by atoms with van der Waals surface area (Å²) < 4.78 is 91.4. The van der Waals surface area contributed by atoms with Crippen molar-refractivity contribution >= 4 is 17.1 Å². The van der Waals surface area contributed by atoms with Gasteiger partial charge in [0.2, 0.25) is 0 Å². The second-order valence-corrected chi connectivity index (χ2v) is 7.62. The molecule has 0 saturated carbocycles. The minimum Gasteiger partial charge on any atom is -0.487 e. The summed E-state index contributed by atoms with van der Waals surface area (Å²) in [6.07, 6.45) is 1.41. The van der Waals surface area contributed by atoms with Crippen LogP contribution in [0.3, 0.4) is 0 Å². The second-order valence-electron chi connectivity index (χ2n) is 7.62. The Kier molecular flexibility index (Phi) is 6.05. The maximum absolute atomic E-state index is 14.9. The van der Waals surface area contributed by atoms with E-state index in [4.69, 9.17) is 4.74 Å². The number of hydrogen-bond acceptors (Lipinski definition) is 3. The third kappa shape index (κ3) is 4.59. The smallest absolute Gasteiger partial charge is 0.278 e. The molecule has 0 bridgehead atoms. The largest absolute Gasteiger partial charge is 0.487 e. The monoisotopic (exact) mass is 495 g/mol. The Balaban J connectivity index is 1.72. The zero-order valence-corrected chi connectivity index (χ0v) is 17.8. The second kappa shape index (κ2) is 8.85. The number of alkyl halides is 2. The van der Waals surface area contributed by atoms with Gasteiger partial charge in [0.1, 0.15) is 17.0 Å². The molecular weight excluding hydrogens is 480 g/mol. The molecule has 2 aromatic heterocycles. The van der Waals surface area contributed by atoms with E-state index in [0.717, 1.165) is 12.1 Å². The number of nitrogens with zero attached hydrogens (tertiary/aromatic N) is 1. The van der Waals surface area contributed by atoms with Crippen LogP contribution in [0.4, 0.5) is 32.0 Å². The van der Waals surface area contributed by atoms with Crippen molar-refractivity contribution in [2.24, 2.45) is 0 Å². The van der Waals surface area contributed by atoms with Crippen LogP contribution in [-0.2, 0) is 0 Å². The first-order valence-corrected chi connectivity index (χ1v) is 9.95. The third-order valence-corrected chi connectivity index (χ3v) is 4.91. The van der Waals surface area contributed by atoms with Gasteiger partial charge in [-0.3, -0.25) is 19.2 Å². The molecule has 2 aromatic carbocycles. The number of benzene rings is 2. The summed E-state index contributed by atoms with van der Waals surface area (Å²) in [5, 5.41) is 4.02. The molecule has 0 saturated heterocycles. The van der Waals surface area contributed by atoms with Gasteiger partial charge in [-0.15, -0.1) is 0 Å². The minimum atomic E-state index is -3.20. The molecule has 6 nitrogen and oxygen atoms in total. The third-order valence-electron chi connectivity index (χ3n) is 4.91. The van der Waals surface area contributed by atoms with E-state index in [2.05, 4.69) is 5.10 Å². The van der Waals surface area contributed by atoms with Gasteiger partial charge in [-0.05, 0) is 29.8 Å². The molecule has 2 N–H and O–H groups in total. The maximum atomic E-state index is 14.9. The number of H-pyrrole nitrogens is 1. The molecule has 2 heterocycles. The van der Waals surface area contributed by atoms with Gasteiger partial charge in [0.05, 0.1) is 11.1 Å². The number of aromatic amines is 1. The van der Waals surface area contributed by atoms with Gasteiger partial charge in [0.15, 0.2) is 29.9 Å². The summed E-state index contributed by atoms with van der Waals surface area (Å²) in [5.41, 5.74) is -4.36. The van der Waals surface area contributed by atoms with Crippen LogP contribution in [0.15, 0.2) is 53.5 Å². The molecule has 0 aliphatic heterocycles. The molecule has 0 aliphatic carbocycles. The van der Waals surface area contributed by atoms with Gasteiger partial charge in [0.25, 0.3) is 17.4 Å². The summed E-state index contributed by atoms with van der Waals surface area (Å²) in [7, 11) is 0. The summed E-state index contributed by atoms with van der Waals surface area (Å²) >= 11 is 0. The molecule has 35 heavy (non-hydrogen) atoms. The number of nitrogens with one attached hydrogen (secondary N) is 2. The van der Waals surface area contributed by atoms with Crippen LogP contribution in [0.25, 0.3) is 16.6 Å². The summed E-state index contributed by atoms with van der Waals surface area (Å²) in [5.74, 6) is -12.3. The number of pyridine rings is 1. The quantitative estimate of drug-likeness (QED) is 0.288. The predicted octanol–water partition coefficient (Wildman–Crippen LogP) is 5.14. The van der Waals surface area contributed by atoms with E-state index in [1.807, 2.05) is 0 Å². The molecule has 0 radical (unpaired) electrons. The number of fused-ring (bicyclic) bond motifs is 1. The number of carbonyl (C=O) groups is 1. The summed E-state index contributed by atoms with van der Waals surface area (Å²) in [6, 6.07) is 8.82. The van der Waals surface area contributed by atoms with Crippen molar-refractivity contribution in [1.29, 1.82) is 0 Å². The van der Waals surface area contributed by atoms with Crippen LogP contribution in [-0.4, -0.2) is 28.1 Å². The fourth-order valence-corrected chi connectivity index (χ4v) is 3.37. The molecule has 0 aliphatic rings. The summed E-state index contributed by atoms with van der Waals surface area (Å²) in [6.45, 7) is -0.443. The van der Waals surface area contributed by atoms with Crippen LogP contribution in [0.5, 0.6) is 5.75 Å². The average Bonchev–Trinajstić information content (AvgIpc) is 3.15. The van der Waals surface area contributed by atoms with Crippen molar-refractivity contribution < 1.29 is 35.9 Å². The molecule has 4 rings (SSSR count). The number of anilines is 1. The fourth-order valence-electron chi connectivity index (χ4n) is 3.37. The number of ether oxygens (including phenoxy) is 1. The van der Waals surface area contributed by atoms with Gasteiger partial charge >= 0.3 is 0 Å². The lowest BCUT2D eigenvalue weighted by Crippen LogP contribution is -2.22. The van der Waals surface area contributed by atoms with Gasteiger partial charge in [-0.25, -0.2) is 26.3 Å². The Morgan fingerprint density at radius 2 is 1.71 bits per heavy atom. The van der Waals surface area contributed by atoms with E-state index in [1.54, 1.807) is 11.4 Å². The van der Waals surface area contributed by atoms with Crippen molar-refractivity contribution in [1.82, 2.24) is 9.61 Å². The first kappa shape index (κ1) is 23.9. The molecule has 0 spiro atoms. The maximum Gasteiger partial charge on any atom is 0.278 e. The van der Waals surface area contributed by atoms with E-state index in [0.29, 0.717) is 6.92 Å². The number of halogens is 6. The molecule has 0 atom stereocenters. The molecule has 0 fully saturated rings. The number of aromatic nitrogens is 2. The lowest BCUT2D eigenvalue weighted by atomic mass is 10.0. The Labute approximate surface area is 192 Å². The zero-order valence-electron chi connectivity index (χ0n) is 17.8. The van der Waals surface area contributed by atoms with E-state index in [1.165, 1.54) is 35.0 Å². The normalized spacial score (nSPS) is 11.6.